The number of nitrogens with zero attached hydrogens (tertiary/aromatic N) is 1. The first kappa shape index (κ1) is 15.1. The summed E-state index contributed by atoms with van der Waals surface area (Å²) >= 11 is 5.98. The average Bonchev–Trinajstić information content (AvgIpc) is 2.49. The minimum Gasteiger partial charge on any atom is -0.376 e. The van der Waals surface area contributed by atoms with Crippen LogP contribution in [0.25, 0.3) is 0 Å². The van der Waals surface area contributed by atoms with E-state index in [1.165, 1.54) is 11.8 Å². The standard InChI is InChI=1S/C16H16ClN3O/c1-12-6-8-14(9-7-12)18-11-16(21)20-19-10-13-4-2-3-5-15(13)17/h2-10,18H,11H2,1H3,(H,20,21)/b19-10+. The van der Waals surface area contributed by atoms with Crippen molar-refractivity contribution in [2.24, 2.45) is 5.10 Å². The topological polar surface area (TPSA) is 53.5 Å². The predicted molar refractivity (Wildman–Crippen MR) is 86.9 cm³/mol. The van der Waals surface area contributed by atoms with E-state index in [1.807, 2.05) is 49.4 Å². The molecule has 0 spiro atoms. The fraction of sp³-hybridized carbons (Fsp3) is 0.125. The van der Waals surface area contributed by atoms with Crippen LogP contribution in [-0.4, -0.2) is 18.7 Å². The van der Waals surface area contributed by atoms with Crippen molar-refractivity contribution in [3.05, 3.63) is 64.7 Å². The molecule has 0 saturated carbocycles. The molecule has 0 atom stereocenters. The van der Waals surface area contributed by atoms with Crippen molar-refractivity contribution in [3.8, 4) is 0 Å². The van der Waals surface area contributed by atoms with Crippen LogP contribution < -0.4 is 10.7 Å². The van der Waals surface area contributed by atoms with E-state index in [0.29, 0.717) is 5.02 Å². The summed E-state index contributed by atoms with van der Waals surface area (Å²) in [5, 5.41) is 7.49. The van der Waals surface area contributed by atoms with Crippen molar-refractivity contribution in [2.45, 2.75) is 6.92 Å². The summed E-state index contributed by atoms with van der Waals surface area (Å²) in [6.07, 6.45) is 1.52. The van der Waals surface area contributed by atoms with Gasteiger partial charge in [0.2, 0.25) is 0 Å². The third-order valence-corrected chi connectivity index (χ3v) is 3.15. The first-order valence-corrected chi connectivity index (χ1v) is 6.90. The number of amides is 1. The number of benzene rings is 2. The van der Waals surface area contributed by atoms with E-state index >= 15 is 0 Å². The van der Waals surface area contributed by atoms with Crippen LogP contribution in [0.15, 0.2) is 53.6 Å². The van der Waals surface area contributed by atoms with Crippen molar-refractivity contribution in [3.63, 3.8) is 0 Å². The Morgan fingerprint density at radius 2 is 1.90 bits per heavy atom. The lowest BCUT2D eigenvalue weighted by Crippen LogP contribution is -2.25. The summed E-state index contributed by atoms with van der Waals surface area (Å²) in [5.41, 5.74) is 5.27. The monoisotopic (exact) mass is 301 g/mol. The van der Waals surface area contributed by atoms with Gasteiger partial charge in [-0.2, -0.15) is 5.10 Å². The van der Waals surface area contributed by atoms with Crippen LogP contribution in [0, 0.1) is 6.92 Å². The van der Waals surface area contributed by atoms with Crippen LogP contribution in [0.2, 0.25) is 5.02 Å². The predicted octanol–water partition coefficient (Wildman–Crippen LogP) is 3.21. The molecule has 2 aromatic rings. The van der Waals surface area contributed by atoms with Crippen molar-refractivity contribution in [1.29, 1.82) is 0 Å². The van der Waals surface area contributed by atoms with Gasteiger partial charge in [0, 0.05) is 16.3 Å². The molecule has 5 heteroatoms. The lowest BCUT2D eigenvalue weighted by Gasteiger charge is -2.05. The van der Waals surface area contributed by atoms with Crippen LogP contribution >= 0.6 is 11.6 Å². The number of rotatable bonds is 5. The molecule has 0 fully saturated rings. The fourth-order valence-corrected chi connectivity index (χ4v) is 1.83. The number of halogens is 1. The maximum atomic E-state index is 11.6. The number of aryl methyl sites for hydroxylation is 1. The molecule has 0 saturated heterocycles. The van der Waals surface area contributed by atoms with Gasteiger partial charge in [-0.15, -0.1) is 0 Å². The normalized spacial score (nSPS) is 10.6. The Morgan fingerprint density at radius 1 is 1.19 bits per heavy atom. The van der Waals surface area contributed by atoms with Gasteiger partial charge in [0.25, 0.3) is 5.91 Å². The molecule has 2 N–H and O–H groups in total. The first-order valence-electron chi connectivity index (χ1n) is 6.52. The second-order valence-electron chi connectivity index (χ2n) is 4.53. The molecule has 108 valence electrons. The Balaban J connectivity index is 1.80. The summed E-state index contributed by atoms with van der Waals surface area (Å²) in [4.78, 5) is 11.6. The molecule has 0 unspecified atom stereocenters. The zero-order chi connectivity index (χ0) is 15.1. The minimum absolute atomic E-state index is 0.156. The molecule has 0 aromatic heterocycles. The molecule has 4 nitrogen and oxygen atoms in total. The third kappa shape index (κ3) is 4.93. The van der Waals surface area contributed by atoms with E-state index in [1.54, 1.807) is 6.07 Å². The molecule has 0 aliphatic heterocycles. The number of hydrazone groups is 1. The van der Waals surface area contributed by atoms with Gasteiger partial charge in [-0.1, -0.05) is 47.5 Å². The summed E-state index contributed by atoms with van der Waals surface area (Å²) in [7, 11) is 0. The quantitative estimate of drug-likeness (QED) is 0.658. The summed E-state index contributed by atoms with van der Waals surface area (Å²) in [6.45, 7) is 2.17. The molecular formula is C16H16ClN3O. The molecule has 21 heavy (non-hydrogen) atoms. The highest BCUT2D eigenvalue weighted by atomic mass is 35.5. The lowest BCUT2D eigenvalue weighted by molar-refractivity contribution is -0.119. The number of carbonyl (C=O) groups excluding carboxylic acids is 1. The number of hydrogen-bond acceptors (Lipinski definition) is 3. The van der Waals surface area contributed by atoms with E-state index in [4.69, 9.17) is 11.6 Å². The third-order valence-electron chi connectivity index (χ3n) is 2.80. The molecular weight excluding hydrogens is 286 g/mol. The van der Waals surface area contributed by atoms with Gasteiger partial charge in [0.05, 0.1) is 12.8 Å². The Hall–Kier alpha value is -2.33. The highest BCUT2D eigenvalue weighted by Gasteiger charge is 1.99. The van der Waals surface area contributed by atoms with Crippen molar-refractivity contribution < 1.29 is 4.79 Å². The second-order valence-corrected chi connectivity index (χ2v) is 4.94. The van der Waals surface area contributed by atoms with E-state index in [-0.39, 0.29) is 12.5 Å². The van der Waals surface area contributed by atoms with Gasteiger partial charge in [0.1, 0.15) is 0 Å². The largest absolute Gasteiger partial charge is 0.376 e. The molecule has 0 aliphatic rings. The van der Waals surface area contributed by atoms with Crippen LogP contribution in [0.5, 0.6) is 0 Å². The van der Waals surface area contributed by atoms with E-state index in [2.05, 4.69) is 15.8 Å². The Kier molecular flexibility index (Phi) is 5.35. The van der Waals surface area contributed by atoms with Crippen LogP contribution in [0.4, 0.5) is 5.69 Å². The van der Waals surface area contributed by atoms with Gasteiger partial charge in [0.15, 0.2) is 0 Å². The number of hydrogen-bond donors (Lipinski definition) is 2. The highest BCUT2D eigenvalue weighted by Crippen LogP contribution is 2.12. The number of nitrogens with one attached hydrogen (secondary N) is 2. The maximum absolute atomic E-state index is 11.6. The van der Waals surface area contributed by atoms with Gasteiger partial charge >= 0.3 is 0 Å². The molecule has 2 aromatic carbocycles. The smallest absolute Gasteiger partial charge is 0.259 e. The number of anilines is 1. The van der Waals surface area contributed by atoms with Gasteiger partial charge in [-0.25, -0.2) is 5.43 Å². The van der Waals surface area contributed by atoms with E-state index in [0.717, 1.165) is 11.3 Å². The van der Waals surface area contributed by atoms with Crippen molar-refractivity contribution in [2.75, 3.05) is 11.9 Å². The molecule has 0 bridgehead atoms. The highest BCUT2D eigenvalue weighted by molar-refractivity contribution is 6.33. The maximum Gasteiger partial charge on any atom is 0.259 e. The number of carbonyl (C=O) groups is 1. The van der Waals surface area contributed by atoms with Crippen molar-refractivity contribution >= 4 is 29.4 Å². The first-order chi connectivity index (χ1) is 10.1. The average molecular weight is 302 g/mol. The Morgan fingerprint density at radius 3 is 2.62 bits per heavy atom. The minimum atomic E-state index is -0.223. The molecule has 0 heterocycles. The summed E-state index contributed by atoms with van der Waals surface area (Å²) < 4.78 is 0. The molecule has 0 aliphatic carbocycles. The fourth-order valence-electron chi connectivity index (χ4n) is 1.65. The van der Waals surface area contributed by atoms with Gasteiger partial charge in [-0.05, 0) is 25.1 Å². The van der Waals surface area contributed by atoms with Crippen LogP contribution in [-0.2, 0) is 4.79 Å². The SMILES string of the molecule is Cc1ccc(NCC(=O)N/N=C/c2ccccc2Cl)cc1. The molecule has 0 radical (unpaired) electrons. The van der Waals surface area contributed by atoms with Crippen LogP contribution in [0.1, 0.15) is 11.1 Å². The summed E-state index contributed by atoms with van der Waals surface area (Å²) in [6, 6.07) is 15.1. The zero-order valence-corrected chi connectivity index (χ0v) is 12.4. The lowest BCUT2D eigenvalue weighted by atomic mass is 10.2. The van der Waals surface area contributed by atoms with Gasteiger partial charge < -0.3 is 5.32 Å². The van der Waals surface area contributed by atoms with E-state index in [9.17, 15) is 4.79 Å². The van der Waals surface area contributed by atoms with Crippen LogP contribution in [0.3, 0.4) is 0 Å². The Bertz CT molecular complexity index is 638. The zero-order valence-electron chi connectivity index (χ0n) is 11.6. The second kappa shape index (κ2) is 7.45. The van der Waals surface area contributed by atoms with E-state index < -0.39 is 0 Å². The van der Waals surface area contributed by atoms with Crippen molar-refractivity contribution in [1.82, 2.24) is 5.43 Å². The molecule has 1 amide bonds. The molecule has 2 rings (SSSR count). The Labute approximate surface area is 128 Å². The summed E-state index contributed by atoms with van der Waals surface area (Å²) in [5.74, 6) is -0.223. The van der Waals surface area contributed by atoms with Gasteiger partial charge in [-0.3, -0.25) is 4.79 Å².